The Morgan fingerprint density at radius 2 is 1.80 bits per heavy atom. The summed E-state index contributed by atoms with van der Waals surface area (Å²) >= 11 is 6.10. The fraction of sp³-hybridized carbons (Fsp3) is 0.143. The van der Waals surface area contributed by atoms with Gasteiger partial charge in [-0.15, -0.1) is 0 Å². The molecule has 2 aromatic heterocycles. The molecule has 2 aromatic carbocycles. The Balaban J connectivity index is 1.69. The van der Waals surface area contributed by atoms with Crippen LogP contribution in [0.15, 0.2) is 48.5 Å². The number of hydrogen-bond acceptors (Lipinski definition) is 6. The van der Waals surface area contributed by atoms with E-state index in [0.717, 1.165) is 11.4 Å². The Labute approximate surface area is 177 Å². The average Bonchev–Trinajstić information content (AvgIpc) is 3.09. The van der Waals surface area contributed by atoms with Crippen molar-refractivity contribution in [2.24, 2.45) is 0 Å². The summed E-state index contributed by atoms with van der Waals surface area (Å²) in [5, 5.41) is 5.04. The number of ether oxygens (including phenoxy) is 1. The van der Waals surface area contributed by atoms with E-state index in [0.29, 0.717) is 39.0 Å². The first-order valence-electron chi connectivity index (χ1n) is 9.16. The number of benzene rings is 2. The van der Waals surface area contributed by atoms with Crippen LogP contribution in [0.4, 0.5) is 5.82 Å². The van der Waals surface area contributed by atoms with Gasteiger partial charge in [-0.25, -0.2) is 14.6 Å². The van der Waals surface area contributed by atoms with Crippen LogP contribution >= 0.6 is 11.6 Å². The zero-order valence-corrected chi connectivity index (χ0v) is 17.4. The number of aryl methyl sites for hydroxylation is 2. The summed E-state index contributed by atoms with van der Waals surface area (Å²) in [6.07, 6.45) is 0. The molecule has 0 aliphatic heterocycles. The van der Waals surface area contributed by atoms with Crippen LogP contribution in [0.3, 0.4) is 0 Å². The first kappa shape index (κ1) is 19.7. The number of fused-ring (bicyclic) bond motifs is 1. The van der Waals surface area contributed by atoms with Crippen LogP contribution in [-0.4, -0.2) is 32.8 Å². The third-order valence-corrected chi connectivity index (χ3v) is 4.70. The van der Waals surface area contributed by atoms with Crippen LogP contribution in [0.25, 0.3) is 16.9 Å². The molecule has 0 aliphatic carbocycles. The zero-order valence-electron chi connectivity index (χ0n) is 16.6. The van der Waals surface area contributed by atoms with E-state index in [4.69, 9.17) is 16.3 Å². The highest BCUT2D eigenvalue weighted by Crippen LogP contribution is 2.23. The van der Waals surface area contributed by atoms with Crippen molar-refractivity contribution < 1.29 is 9.53 Å². The van der Waals surface area contributed by atoms with E-state index in [2.05, 4.69) is 25.9 Å². The van der Waals surface area contributed by atoms with Gasteiger partial charge in [-0.2, -0.15) is 5.10 Å². The molecular formula is C21H19ClN6O2. The summed E-state index contributed by atoms with van der Waals surface area (Å²) in [5.74, 6) is 1.15. The number of carbonyl (C=O) groups excluding carboxylic acids is 1. The Kier molecular flexibility index (Phi) is 5.24. The van der Waals surface area contributed by atoms with Crippen molar-refractivity contribution in [2.45, 2.75) is 13.8 Å². The third kappa shape index (κ3) is 3.90. The normalized spacial score (nSPS) is 10.8. The molecular weight excluding hydrogens is 404 g/mol. The molecule has 0 fully saturated rings. The van der Waals surface area contributed by atoms with Crippen molar-refractivity contribution in [3.63, 3.8) is 0 Å². The fourth-order valence-corrected chi connectivity index (χ4v) is 3.19. The summed E-state index contributed by atoms with van der Waals surface area (Å²) in [6, 6.07) is 14.0. The van der Waals surface area contributed by atoms with Crippen LogP contribution in [0.2, 0.25) is 5.02 Å². The molecule has 0 spiro atoms. The topological polar surface area (TPSA) is 94.0 Å². The first-order chi connectivity index (χ1) is 14.4. The SMILES string of the molecule is COc1ccc(C(=O)NNc2nc3cc(Cl)ccc3nc2-n2nc(C)cc2C)cc1. The van der Waals surface area contributed by atoms with E-state index in [9.17, 15) is 4.79 Å². The molecule has 9 heteroatoms. The van der Waals surface area contributed by atoms with E-state index in [1.165, 1.54) is 0 Å². The Morgan fingerprint density at radius 3 is 2.47 bits per heavy atom. The van der Waals surface area contributed by atoms with Crippen LogP contribution < -0.4 is 15.6 Å². The van der Waals surface area contributed by atoms with Crippen LogP contribution in [0.1, 0.15) is 21.7 Å². The monoisotopic (exact) mass is 422 g/mol. The molecule has 1 amide bonds. The minimum absolute atomic E-state index is 0.329. The molecule has 30 heavy (non-hydrogen) atoms. The Hall–Kier alpha value is -3.65. The lowest BCUT2D eigenvalue weighted by atomic mass is 10.2. The number of hydrazine groups is 1. The molecule has 8 nitrogen and oxygen atoms in total. The molecule has 0 bridgehead atoms. The van der Waals surface area contributed by atoms with Crippen molar-refractivity contribution in [2.75, 3.05) is 12.5 Å². The maximum atomic E-state index is 12.5. The lowest BCUT2D eigenvalue weighted by Crippen LogP contribution is -2.30. The minimum atomic E-state index is -0.329. The standard InChI is InChI=1S/C21H19ClN6O2/c1-12-10-13(2)28(27-12)20-19(23-18-11-15(22)6-9-17(18)24-20)25-26-21(29)14-4-7-16(30-3)8-5-14/h4-11H,1-3H3,(H,23,25)(H,26,29). The van der Waals surface area contributed by atoms with Gasteiger partial charge in [-0.3, -0.25) is 15.6 Å². The van der Waals surface area contributed by atoms with E-state index in [1.807, 2.05) is 19.9 Å². The Morgan fingerprint density at radius 1 is 1.03 bits per heavy atom. The Bertz CT molecular complexity index is 1240. The van der Waals surface area contributed by atoms with Gasteiger partial charge in [-0.05, 0) is 62.4 Å². The highest BCUT2D eigenvalue weighted by atomic mass is 35.5. The van der Waals surface area contributed by atoms with Crippen molar-refractivity contribution in [1.29, 1.82) is 0 Å². The van der Waals surface area contributed by atoms with Crippen LogP contribution in [-0.2, 0) is 0 Å². The average molecular weight is 423 g/mol. The van der Waals surface area contributed by atoms with E-state index in [-0.39, 0.29) is 5.91 Å². The number of anilines is 1. The molecule has 0 atom stereocenters. The van der Waals surface area contributed by atoms with Crippen LogP contribution in [0, 0.1) is 13.8 Å². The summed E-state index contributed by atoms with van der Waals surface area (Å²) in [7, 11) is 1.57. The predicted octanol–water partition coefficient (Wildman–Crippen LogP) is 3.85. The largest absolute Gasteiger partial charge is 0.497 e. The van der Waals surface area contributed by atoms with Gasteiger partial charge in [0, 0.05) is 16.3 Å². The van der Waals surface area contributed by atoms with Gasteiger partial charge in [-0.1, -0.05) is 11.6 Å². The molecule has 4 rings (SSSR count). The second-order valence-corrected chi connectivity index (χ2v) is 7.11. The number of aromatic nitrogens is 4. The summed E-state index contributed by atoms with van der Waals surface area (Å²) in [5.41, 5.74) is 8.99. The molecule has 2 heterocycles. The quantitative estimate of drug-likeness (QED) is 0.474. The van der Waals surface area contributed by atoms with Gasteiger partial charge >= 0.3 is 0 Å². The number of hydrogen-bond donors (Lipinski definition) is 2. The van der Waals surface area contributed by atoms with E-state index < -0.39 is 0 Å². The number of carbonyl (C=O) groups is 1. The number of rotatable bonds is 5. The van der Waals surface area contributed by atoms with Crippen molar-refractivity contribution in [3.8, 4) is 11.6 Å². The highest BCUT2D eigenvalue weighted by Gasteiger charge is 2.16. The van der Waals surface area contributed by atoms with Crippen molar-refractivity contribution in [1.82, 2.24) is 25.2 Å². The number of halogens is 1. The van der Waals surface area contributed by atoms with Gasteiger partial charge in [0.25, 0.3) is 5.91 Å². The third-order valence-electron chi connectivity index (χ3n) is 4.46. The molecule has 0 radical (unpaired) electrons. The highest BCUT2D eigenvalue weighted by molar-refractivity contribution is 6.31. The molecule has 0 aliphatic rings. The second kappa shape index (κ2) is 8.00. The van der Waals surface area contributed by atoms with E-state index >= 15 is 0 Å². The van der Waals surface area contributed by atoms with Crippen molar-refractivity contribution in [3.05, 3.63) is 70.5 Å². The molecule has 0 saturated heterocycles. The van der Waals surface area contributed by atoms with Crippen molar-refractivity contribution >= 4 is 34.4 Å². The van der Waals surface area contributed by atoms with Gasteiger partial charge in [0.1, 0.15) is 5.75 Å². The molecule has 4 aromatic rings. The molecule has 0 unspecified atom stereocenters. The van der Waals surface area contributed by atoms with E-state index in [1.54, 1.807) is 54.3 Å². The lowest BCUT2D eigenvalue weighted by molar-refractivity contribution is 0.0962. The summed E-state index contributed by atoms with van der Waals surface area (Å²) in [4.78, 5) is 21.8. The number of methoxy groups -OCH3 is 1. The molecule has 152 valence electrons. The fourth-order valence-electron chi connectivity index (χ4n) is 3.02. The summed E-state index contributed by atoms with van der Waals surface area (Å²) in [6.45, 7) is 3.82. The van der Waals surface area contributed by atoms with Crippen LogP contribution in [0.5, 0.6) is 5.75 Å². The molecule has 2 N–H and O–H groups in total. The smallest absolute Gasteiger partial charge is 0.269 e. The van der Waals surface area contributed by atoms with Gasteiger partial charge in [0.05, 0.1) is 23.8 Å². The maximum Gasteiger partial charge on any atom is 0.269 e. The van der Waals surface area contributed by atoms with Gasteiger partial charge in [0.15, 0.2) is 11.6 Å². The second-order valence-electron chi connectivity index (χ2n) is 6.68. The lowest BCUT2D eigenvalue weighted by Gasteiger charge is -2.14. The van der Waals surface area contributed by atoms with Gasteiger partial charge in [0.2, 0.25) is 0 Å². The number of nitrogens with one attached hydrogen (secondary N) is 2. The van der Waals surface area contributed by atoms with Gasteiger partial charge < -0.3 is 4.74 Å². The predicted molar refractivity (Wildman–Crippen MR) is 115 cm³/mol. The number of amides is 1. The minimum Gasteiger partial charge on any atom is -0.497 e. The maximum absolute atomic E-state index is 12.5. The number of nitrogens with zero attached hydrogens (tertiary/aromatic N) is 4. The zero-order chi connectivity index (χ0) is 21.3. The summed E-state index contributed by atoms with van der Waals surface area (Å²) < 4.78 is 6.80. The molecule has 0 saturated carbocycles. The first-order valence-corrected chi connectivity index (χ1v) is 9.54.